The molecule has 13 heavy (non-hydrogen) atoms. The fourth-order valence-corrected chi connectivity index (χ4v) is 2.61. The smallest absolute Gasteiger partial charge is 0.136 e. The SMILES string of the molecule is O=C1CCCC1CSCC(O)CO. The topological polar surface area (TPSA) is 57.5 Å². The zero-order valence-corrected chi connectivity index (χ0v) is 8.42. The van der Waals surface area contributed by atoms with Crippen LogP contribution in [-0.4, -0.2) is 40.2 Å². The minimum absolute atomic E-state index is 0.189. The van der Waals surface area contributed by atoms with Gasteiger partial charge in [0.15, 0.2) is 0 Å². The van der Waals surface area contributed by atoms with Crippen molar-refractivity contribution in [3.8, 4) is 0 Å². The number of Topliss-reactive ketones (excluding diaryl/α,β-unsaturated/α-hetero) is 1. The summed E-state index contributed by atoms with van der Waals surface area (Å²) in [6, 6.07) is 0. The Bertz CT molecular complexity index is 172. The van der Waals surface area contributed by atoms with E-state index in [4.69, 9.17) is 10.2 Å². The molecule has 0 aliphatic heterocycles. The molecule has 1 saturated carbocycles. The highest BCUT2D eigenvalue weighted by Crippen LogP contribution is 2.24. The molecule has 1 aliphatic carbocycles. The molecule has 0 bridgehead atoms. The molecule has 76 valence electrons. The molecule has 0 heterocycles. The van der Waals surface area contributed by atoms with E-state index in [0.717, 1.165) is 25.0 Å². The van der Waals surface area contributed by atoms with Gasteiger partial charge in [-0.25, -0.2) is 0 Å². The van der Waals surface area contributed by atoms with Gasteiger partial charge < -0.3 is 10.2 Å². The molecule has 1 aliphatic rings. The highest BCUT2D eigenvalue weighted by Gasteiger charge is 2.23. The van der Waals surface area contributed by atoms with Crippen LogP contribution < -0.4 is 0 Å². The Balaban J connectivity index is 2.08. The molecule has 0 saturated heterocycles. The molecular weight excluding hydrogens is 188 g/mol. The van der Waals surface area contributed by atoms with Crippen LogP contribution in [0.3, 0.4) is 0 Å². The predicted molar refractivity (Wildman–Crippen MR) is 52.8 cm³/mol. The lowest BCUT2D eigenvalue weighted by atomic mass is 10.1. The zero-order valence-electron chi connectivity index (χ0n) is 7.61. The van der Waals surface area contributed by atoms with Crippen LogP contribution in [-0.2, 0) is 4.79 Å². The normalized spacial score (nSPS) is 25.1. The molecule has 0 amide bonds. The number of carbonyl (C=O) groups excluding carboxylic acids is 1. The molecule has 0 aromatic rings. The highest BCUT2D eigenvalue weighted by atomic mass is 32.2. The average Bonchev–Trinajstić information content (AvgIpc) is 2.52. The fourth-order valence-electron chi connectivity index (χ4n) is 1.46. The molecule has 2 N–H and O–H groups in total. The molecule has 4 heteroatoms. The van der Waals surface area contributed by atoms with E-state index in [-0.39, 0.29) is 12.5 Å². The number of rotatable bonds is 5. The van der Waals surface area contributed by atoms with Gasteiger partial charge in [-0.3, -0.25) is 4.79 Å². The Labute approximate surface area is 82.5 Å². The van der Waals surface area contributed by atoms with Crippen LogP contribution in [0.1, 0.15) is 19.3 Å². The monoisotopic (exact) mass is 204 g/mol. The van der Waals surface area contributed by atoms with Crippen molar-refractivity contribution in [2.24, 2.45) is 5.92 Å². The van der Waals surface area contributed by atoms with Gasteiger partial charge in [0.2, 0.25) is 0 Å². The minimum atomic E-state index is -0.637. The maximum atomic E-state index is 11.2. The molecule has 0 aromatic carbocycles. The first-order chi connectivity index (χ1) is 6.24. The first-order valence-corrected chi connectivity index (χ1v) is 5.79. The summed E-state index contributed by atoms with van der Waals surface area (Å²) in [5.74, 6) is 1.90. The van der Waals surface area contributed by atoms with Crippen molar-refractivity contribution < 1.29 is 15.0 Å². The summed E-state index contributed by atoms with van der Waals surface area (Å²) in [7, 11) is 0. The van der Waals surface area contributed by atoms with Crippen molar-refractivity contribution in [2.45, 2.75) is 25.4 Å². The van der Waals surface area contributed by atoms with Gasteiger partial charge in [0.1, 0.15) is 5.78 Å². The maximum absolute atomic E-state index is 11.2. The standard InChI is InChI=1S/C9H16O3S/c10-4-8(11)6-13-5-7-2-1-3-9(7)12/h7-8,10-11H,1-6H2. The van der Waals surface area contributed by atoms with Crippen LogP contribution in [0.25, 0.3) is 0 Å². The van der Waals surface area contributed by atoms with E-state index >= 15 is 0 Å². The van der Waals surface area contributed by atoms with Crippen LogP contribution in [0, 0.1) is 5.92 Å². The van der Waals surface area contributed by atoms with Crippen LogP contribution in [0.15, 0.2) is 0 Å². The van der Waals surface area contributed by atoms with Gasteiger partial charge in [-0.2, -0.15) is 11.8 Å². The van der Waals surface area contributed by atoms with Crippen molar-refractivity contribution in [3.63, 3.8) is 0 Å². The molecule has 0 radical (unpaired) electrons. The number of carbonyl (C=O) groups is 1. The average molecular weight is 204 g/mol. The second-order valence-corrected chi connectivity index (χ2v) is 4.50. The Morgan fingerprint density at radius 1 is 1.62 bits per heavy atom. The molecule has 2 atom stereocenters. The summed E-state index contributed by atoms with van der Waals surface area (Å²) < 4.78 is 0. The molecule has 0 spiro atoms. The maximum Gasteiger partial charge on any atom is 0.136 e. The summed E-state index contributed by atoms with van der Waals surface area (Å²) in [6.45, 7) is -0.189. The Morgan fingerprint density at radius 3 is 2.92 bits per heavy atom. The van der Waals surface area contributed by atoms with Crippen molar-refractivity contribution in [1.29, 1.82) is 0 Å². The van der Waals surface area contributed by atoms with Crippen LogP contribution >= 0.6 is 11.8 Å². The zero-order chi connectivity index (χ0) is 9.68. The lowest BCUT2D eigenvalue weighted by Crippen LogP contribution is -2.17. The molecule has 2 unspecified atom stereocenters. The molecule has 0 aromatic heterocycles. The van der Waals surface area contributed by atoms with E-state index in [0.29, 0.717) is 11.5 Å². The van der Waals surface area contributed by atoms with Gasteiger partial charge in [-0.05, 0) is 12.8 Å². The predicted octanol–water partition coefficient (Wildman–Crippen LogP) is 0.442. The van der Waals surface area contributed by atoms with Crippen molar-refractivity contribution in [2.75, 3.05) is 18.1 Å². The lowest BCUT2D eigenvalue weighted by molar-refractivity contribution is -0.120. The summed E-state index contributed by atoms with van der Waals surface area (Å²) in [6.07, 6.45) is 2.11. The van der Waals surface area contributed by atoms with E-state index in [2.05, 4.69) is 0 Å². The lowest BCUT2D eigenvalue weighted by Gasteiger charge is -2.09. The molecular formula is C9H16O3S. The van der Waals surface area contributed by atoms with Gasteiger partial charge in [0.05, 0.1) is 12.7 Å². The van der Waals surface area contributed by atoms with Crippen LogP contribution in [0.5, 0.6) is 0 Å². The third kappa shape index (κ3) is 3.67. The van der Waals surface area contributed by atoms with E-state index in [1.54, 1.807) is 11.8 Å². The Hall–Kier alpha value is -0.0600. The van der Waals surface area contributed by atoms with Gasteiger partial charge >= 0.3 is 0 Å². The second-order valence-electron chi connectivity index (χ2n) is 3.43. The van der Waals surface area contributed by atoms with Crippen molar-refractivity contribution in [3.05, 3.63) is 0 Å². The molecule has 1 rings (SSSR count). The van der Waals surface area contributed by atoms with Gasteiger partial charge in [-0.1, -0.05) is 0 Å². The number of aliphatic hydroxyl groups is 2. The number of ketones is 1. The first-order valence-electron chi connectivity index (χ1n) is 4.63. The molecule has 1 fully saturated rings. The Kier molecular flexibility index (Phi) is 4.77. The van der Waals surface area contributed by atoms with Crippen LogP contribution in [0.2, 0.25) is 0 Å². The third-order valence-corrected chi connectivity index (χ3v) is 3.53. The highest BCUT2D eigenvalue weighted by molar-refractivity contribution is 7.99. The molecule has 3 nitrogen and oxygen atoms in total. The van der Waals surface area contributed by atoms with E-state index in [9.17, 15) is 4.79 Å². The van der Waals surface area contributed by atoms with E-state index in [1.807, 2.05) is 0 Å². The quantitative estimate of drug-likeness (QED) is 0.682. The fraction of sp³-hybridized carbons (Fsp3) is 0.889. The number of aliphatic hydroxyl groups excluding tert-OH is 2. The third-order valence-electron chi connectivity index (χ3n) is 2.27. The number of hydrogen-bond donors (Lipinski definition) is 2. The Morgan fingerprint density at radius 2 is 2.38 bits per heavy atom. The number of thioether (sulfide) groups is 1. The van der Waals surface area contributed by atoms with Gasteiger partial charge in [-0.15, -0.1) is 0 Å². The summed E-state index contributed by atoms with van der Waals surface area (Å²) in [4.78, 5) is 11.2. The summed E-state index contributed by atoms with van der Waals surface area (Å²) in [5.41, 5.74) is 0. The summed E-state index contributed by atoms with van der Waals surface area (Å²) in [5, 5.41) is 17.6. The van der Waals surface area contributed by atoms with Crippen molar-refractivity contribution >= 4 is 17.5 Å². The summed E-state index contributed by atoms with van der Waals surface area (Å²) >= 11 is 1.56. The largest absolute Gasteiger partial charge is 0.394 e. The van der Waals surface area contributed by atoms with Gasteiger partial charge in [0, 0.05) is 23.8 Å². The van der Waals surface area contributed by atoms with Gasteiger partial charge in [0.25, 0.3) is 0 Å². The van der Waals surface area contributed by atoms with E-state index < -0.39 is 6.10 Å². The van der Waals surface area contributed by atoms with E-state index in [1.165, 1.54) is 0 Å². The van der Waals surface area contributed by atoms with Crippen molar-refractivity contribution in [1.82, 2.24) is 0 Å². The number of hydrogen-bond acceptors (Lipinski definition) is 4. The van der Waals surface area contributed by atoms with Crippen LogP contribution in [0.4, 0.5) is 0 Å². The second kappa shape index (κ2) is 5.62. The minimum Gasteiger partial charge on any atom is -0.394 e. The first kappa shape index (κ1) is 11.0.